The maximum absolute atomic E-state index is 13.6. The molecule has 3 aromatic rings. The van der Waals surface area contributed by atoms with Gasteiger partial charge in [-0.25, -0.2) is 4.39 Å². The molecule has 20 heavy (non-hydrogen) atoms. The van der Waals surface area contributed by atoms with Gasteiger partial charge in [0.05, 0.1) is 4.88 Å². The lowest BCUT2D eigenvalue weighted by molar-refractivity contribution is 0.253. The molecular formula is C13H8BrFN2O2S. The molecule has 0 spiro atoms. The van der Waals surface area contributed by atoms with Crippen molar-refractivity contribution in [3.63, 3.8) is 0 Å². The molecule has 0 saturated carbocycles. The van der Waals surface area contributed by atoms with Gasteiger partial charge in [0.25, 0.3) is 11.8 Å². The van der Waals surface area contributed by atoms with Crippen molar-refractivity contribution < 1.29 is 13.5 Å². The Morgan fingerprint density at radius 3 is 2.95 bits per heavy atom. The molecule has 3 rings (SSSR count). The summed E-state index contributed by atoms with van der Waals surface area (Å²) in [5, 5.41) is 9.71. The minimum atomic E-state index is -0.447. The van der Waals surface area contributed by atoms with Gasteiger partial charge in [-0.3, -0.25) is 0 Å². The summed E-state index contributed by atoms with van der Waals surface area (Å²) in [6, 6.07) is 8.36. The van der Waals surface area contributed by atoms with Crippen LogP contribution < -0.4 is 4.74 Å². The fraction of sp³-hybridized carbons (Fsp3) is 0.0769. The van der Waals surface area contributed by atoms with Crippen LogP contribution in [0.1, 0.15) is 5.89 Å². The molecule has 0 saturated heterocycles. The van der Waals surface area contributed by atoms with Crippen LogP contribution in [0.2, 0.25) is 0 Å². The minimum Gasteiger partial charge on any atom is -0.481 e. The highest BCUT2D eigenvalue weighted by Gasteiger charge is 2.11. The highest BCUT2D eigenvalue weighted by molar-refractivity contribution is 9.10. The van der Waals surface area contributed by atoms with Crippen LogP contribution in [0.3, 0.4) is 0 Å². The first-order chi connectivity index (χ1) is 9.72. The summed E-state index contributed by atoms with van der Waals surface area (Å²) in [7, 11) is 0. The van der Waals surface area contributed by atoms with Gasteiger partial charge < -0.3 is 9.15 Å². The van der Waals surface area contributed by atoms with E-state index in [0.717, 1.165) is 4.88 Å². The number of aromatic nitrogens is 2. The highest BCUT2D eigenvalue weighted by atomic mass is 79.9. The molecule has 102 valence electrons. The van der Waals surface area contributed by atoms with E-state index in [4.69, 9.17) is 9.15 Å². The number of benzene rings is 1. The van der Waals surface area contributed by atoms with E-state index in [1.807, 2.05) is 17.5 Å². The smallest absolute Gasteiger partial charge is 0.257 e. The molecule has 4 nitrogen and oxygen atoms in total. The van der Waals surface area contributed by atoms with Gasteiger partial charge in [-0.05, 0) is 29.6 Å². The standard InChI is InChI=1S/C13H8BrFN2O2S/c14-8-3-4-10(9(15)6-8)18-7-12-16-17-13(19-12)11-2-1-5-20-11/h1-6H,7H2. The molecule has 0 radical (unpaired) electrons. The van der Waals surface area contributed by atoms with Gasteiger partial charge in [-0.1, -0.05) is 22.0 Å². The van der Waals surface area contributed by atoms with Crippen molar-refractivity contribution in [3.8, 4) is 16.5 Å². The summed E-state index contributed by atoms with van der Waals surface area (Å²) in [5.74, 6) is 0.437. The Labute approximate surface area is 126 Å². The maximum atomic E-state index is 13.6. The van der Waals surface area contributed by atoms with E-state index in [-0.39, 0.29) is 12.4 Å². The molecule has 0 bridgehead atoms. The zero-order valence-electron chi connectivity index (χ0n) is 10.0. The lowest BCUT2D eigenvalue weighted by Gasteiger charge is -2.04. The maximum Gasteiger partial charge on any atom is 0.257 e. The fourth-order valence-corrected chi connectivity index (χ4v) is 2.52. The normalized spacial score (nSPS) is 10.7. The van der Waals surface area contributed by atoms with Crippen molar-refractivity contribution in [1.29, 1.82) is 0 Å². The summed E-state index contributed by atoms with van der Waals surface area (Å²) in [5.41, 5.74) is 0. The van der Waals surface area contributed by atoms with Crippen molar-refractivity contribution in [2.45, 2.75) is 6.61 Å². The lowest BCUT2D eigenvalue weighted by atomic mass is 10.3. The predicted molar refractivity (Wildman–Crippen MR) is 76.0 cm³/mol. The van der Waals surface area contributed by atoms with Gasteiger partial charge in [0, 0.05) is 4.47 Å². The summed E-state index contributed by atoms with van der Waals surface area (Å²) in [4.78, 5) is 0.888. The van der Waals surface area contributed by atoms with Gasteiger partial charge in [0.15, 0.2) is 18.2 Å². The second-order valence-electron chi connectivity index (χ2n) is 3.84. The van der Waals surface area contributed by atoms with Crippen LogP contribution in [0.25, 0.3) is 10.8 Å². The zero-order chi connectivity index (χ0) is 13.9. The van der Waals surface area contributed by atoms with Crippen LogP contribution in [0, 0.1) is 5.82 Å². The largest absolute Gasteiger partial charge is 0.481 e. The third-order valence-electron chi connectivity index (χ3n) is 2.44. The quantitative estimate of drug-likeness (QED) is 0.701. The molecule has 2 heterocycles. The third kappa shape index (κ3) is 2.88. The number of halogens is 2. The van der Waals surface area contributed by atoms with E-state index in [1.54, 1.807) is 6.07 Å². The summed E-state index contributed by atoms with van der Waals surface area (Å²) < 4.78 is 25.0. The van der Waals surface area contributed by atoms with Gasteiger partial charge in [-0.2, -0.15) is 0 Å². The minimum absolute atomic E-state index is 0.0247. The van der Waals surface area contributed by atoms with Crippen molar-refractivity contribution in [3.05, 3.63) is 51.9 Å². The van der Waals surface area contributed by atoms with Crippen molar-refractivity contribution in [1.82, 2.24) is 10.2 Å². The molecule has 0 amide bonds. The third-order valence-corrected chi connectivity index (χ3v) is 3.79. The van der Waals surface area contributed by atoms with Crippen LogP contribution in [0.4, 0.5) is 4.39 Å². The van der Waals surface area contributed by atoms with Crippen molar-refractivity contribution in [2.24, 2.45) is 0 Å². The van der Waals surface area contributed by atoms with E-state index in [0.29, 0.717) is 16.3 Å². The highest BCUT2D eigenvalue weighted by Crippen LogP contribution is 2.25. The lowest BCUT2D eigenvalue weighted by Crippen LogP contribution is -1.97. The van der Waals surface area contributed by atoms with Gasteiger partial charge in [-0.15, -0.1) is 21.5 Å². The summed E-state index contributed by atoms with van der Waals surface area (Å²) in [6.07, 6.45) is 0. The van der Waals surface area contributed by atoms with Gasteiger partial charge in [0.1, 0.15) is 0 Å². The van der Waals surface area contributed by atoms with Gasteiger partial charge in [0.2, 0.25) is 0 Å². The van der Waals surface area contributed by atoms with Crippen molar-refractivity contribution in [2.75, 3.05) is 0 Å². The Hall–Kier alpha value is -1.73. The Morgan fingerprint density at radius 1 is 1.30 bits per heavy atom. The molecular weight excluding hydrogens is 347 g/mol. The molecule has 1 aromatic carbocycles. The second-order valence-corrected chi connectivity index (χ2v) is 5.71. The number of rotatable bonds is 4. The van der Waals surface area contributed by atoms with Crippen LogP contribution >= 0.6 is 27.3 Å². The van der Waals surface area contributed by atoms with Crippen LogP contribution in [0.5, 0.6) is 5.75 Å². The average molecular weight is 355 g/mol. The molecule has 0 atom stereocenters. The van der Waals surface area contributed by atoms with E-state index in [2.05, 4.69) is 26.1 Å². The second kappa shape index (κ2) is 5.72. The predicted octanol–water partition coefficient (Wildman–Crippen LogP) is 4.28. The summed E-state index contributed by atoms with van der Waals surface area (Å²) >= 11 is 4.69. The molecule has 0 aliphatic carbocycles. The molecule has 0 aliphatic heterocycles. The van der Waals surface area contributed by atoms with E-state index in [9.17, 15) is 4.39 Å². The van der Waals surface area contributed by atoms with Crippen LogP contribution in [0.15, 0.2) is 44.6 Å². The van der Waals surface area contributed by atoms with Crippen LogP contribution in [-0.2, 0) is 6.61 Å². The van der Waals surface area contributed by atoms with Crippen molar-refractivity contribution >= 4 is 27.3 Å². The zero-order valence-corrected chi connectivity index (χ0v) is 12.4. The molecule has 0 aliphatic rings. The Balaban J connectivity index is 1.70. The number of thiophene rings is 1. The summed E-state index contributed by atoms with van der Waals surface area (Å²) in [6.45, 7) is 0.0247. The van der Waals surface area contributed by atoms with Gasteiger partial charge >= 0.3 is 0 Å². The molecule has 0 N–H and O–H groups in total. The molecule has 7 heteroatoms. The van der Waals surface area contributed by atoms with Crippen LogP contribution in [-0.4, -0.2) is 10.2 Å². The Morgan fingerprint density at radius 2 is 2.20 bits per heavy atom. The first-order valence-corrected chi connectivity index (χ1v) is 7.34. The van der Waals surface area contributed by atoms with E-state index in [1.165, 1.54) is 23.5 Å². The molecule has 0 unspecified atom stereocenters. The number of hydrogen-bond acceptors (Lipinski definition) is 5. The van der Waals surface area contributed by atoms with E-state index >= 15 is 0 Å². The first kappa shape index (κ1) is 13.3. The number of nitrogens with zero attached hydrogens (tertiary/aromatic N) is 2. The SMILES string of the molecule is Fc1cc(Br)ccc1OCc1nnc(-c2cccs2)o1. The molecule has 0 fully saturated rings. The average Bonchev–Trinajstić information content (AvgIpc) is 3.08. The number of ether oxygens (including phenoxy) is 1. The first-order valence-electron chi connectivity index (χ1n) is 5.66. The molecule has 2 aromatic heterocycles. The fourth-order valence-electron chi connectivity index (χ4n) is 1.54. The monoisotopic (exact) mass is 354 g/mol. The van der Waals surface area contributed by atoms with E-state index < -0.39 is 5.82 Å². The Kier molecular flexibility index (Phi) is 3.79. The topological polar surface area (TPSA) is 48.2 Å². The Bertz CT molecular complexity index is 715. The number of hydrogen-bond donors (Lipinski definition) is 0.